The maximum Gasteiger partial charge on any atom is 0.293 e. The van der Waals surface area contributed by atoms with Crippen LogP contribution in [0.1, 0.15) is 5.56 Å². The third kappa shape index (κ3) is 4.66. The lowest BCUT2D eigenvalue weighted by atomic mass is 10.2. The molecule has 0 spiro atoms. The number of ether oxygens (including phenoxy) is 1. The fourth-order valence-corrected chi connectivity index (χ4v) is 3.32. The molecule has 7 heteroatoms. The molecule has 5 nitrogen and oxygen atoms in total. The number of nitrogens with zero attached hydrogens (tertiary/aromatic N) is 1. The second-order valence-electron chi connectivity index (χ2n) is 5.62. The molecule has 0 bridgehead atoms. The summed E-state index contributed by atoms with van der Waals surface area (Å²) in [6.45, 7) is -0.161. The third-order valence-corrected chi connectivity index (χ3v) is 4.78. The number of aliphatic hydroxyl groups is 1. The fourth-order valence-electron chi connectivity index (χ4n) is 2.34. The van der Waals surface area contributed by atoms with E-state index in [0.717, 1.165) is 22.2 Å². The van der Waals surface area contributed by atoms with Crippen LogP contribution in [0.3, 0.4) is 0 Å². The van der Waals surface area contributed by atoms with Gasteiger partial charge in [-0.05, 0) is 47.7 Å². The number of thioether (sulfide) groups is 1. The first-order chi connectivity index (χ1) is 12.5. The van der Waals surface area contributed by atoms with Crippen molar-refractivity contribution in [3.05, 3.63) is 70.1 Å². The number of halogens is 1. The quantitative estimate of drug-likeness (QED) is 0.761. The Bertz CT molecular complexity index is 823. The first kappa shape index (κ1) is 18.5. The van der Waals surface area contributed by atoms with Gasteiger partial charge in [-0.2, -0.15) is 0 Å². The molecule has 0 unspecified atom stereocenters. The highest BCUT2D eigenvalue weighted by Gasteiger charge is 2.36. The van der Waals surface area contributed by atoms with Gasteiger partial charge >= 0.3 is 0 Å². The fraction of sp³-hybridized carbons (Fsp3) is 0.158. The van der Waals surface area contributed by atoms with E-state index in [4.69, 9.17) is 16.3 Å². The number of hydrogen-bond donors (Lipinski definition) is 1. The summed E-state index contributed by atoms with van der Waals surface area (Å²) in [6, 6.07) is 16.0. The van der Waals surface area contributed by atoms with Crippen molar-refractivity contribution in [2.24, 2.45) is 0 Å². The monoisotopic (exact) mass is 389 g/mol. The molecule has 1 N–H and O–H groups in total. The van der Waals surface area contributed by atoms with Crippen molar-refractivity contribution in [2.45, 2.75) is 6.10 Å². The van der Waals surface area contributed by atoms with Crippen LogP contribution in [0, 0.1) is 0 Å². The van der Waals surface area contributed by atoms with Crippen molar-refractivity contribution >= 4 is 40.6 Å². The van der Waals surface area contributed by atoms with Gasteiger partial charge in [0.1, 0.15) is 18.5 Å². The molecule has 1 heterocycles. The molecule has 26 heavy (non-hydrogen) atoms. The third-order valence-electron chi connectivity index (χ3n) is 3.62. The molecule has 1 aliphatic heterocycles. The van der Waals surface area contributed by atoms with Crippen molar-refractivity contribution in [3.63, 3.8) is 0 Å². The molecule has 1 fully saturated rings. The van der Waals surface area contributed by atoms with Crippen molar-refractivity contribution in [1.29, 1.82) is 0 Å². The number of rotatable bonds is 6. The van der Waals surface area contributed by atoms with Gasteiger partial charge in [0.05, 0.1) is 11.4 Å². The number of carbonyl (C=O) groups is 2. The van der Waals surface area contributed by atoms with E-state index in [1.54, 1.807) is 30.3 Å². The Labute approximate surface area is 160 Å². The number of β-amino-alcohol motifs (C(OH)–C–C–N with tert-alkyl or cyclic N) is 1. The summed E-state index contributed by atoms with van der Waals surface area (Å²) in [7, 11) is 0. The van der Waals surface area contributed by atoms with E-state index in [1.165, 1.54) is 0 Å². The van der Waals surface area contributed by atoms with Crippen LogP contribution in [-0.4, -0.2) is 40.4 Å². The zero-order valence-corrected chi connectivity index (χ0v) is 15.2. The van der Waals surface area contributed by atoms with Crippen molar-refractivity contribution in [2.75, 3.05) is 13.2 Å². The van der Waals surface area contributed by atoms with E-state index in [1.807, 2.05) is 30.3 Å². The van der Waals surface area contributed by atoms with Crippen LogP contribution in [0.15, 0.2) is 59.5 Å². The number of benzene rings is 2. The molecule has 1 saturated heterocycles. The Morgan fingerprint density at radius 1 is 1.12 bits per heavy atom. The van der Waals surface area contributed by atoms with Crippen molar-refractivity contribution < 1.29 is 19.4 Å². The standard InChI is InChI=1S/C19H16ClNO4S/c20-14-6-8-16(9-7-14)25-12-15(22)11-21-18(23)17(26-19(21)24)10-13-4-2-1-3-5-13/h1-10,15,22H,11-12H2/b17-10-/t15-/m0/s1. The Hall–Kier alpha value is -2.28. The van der Waals surface area contributed by atoms with E-state index in [9.17, 15) is 14.7 Å². The van der Waals surface area contributed by atoms with Gasteiger partial charge in [-0.15, -0.1) is 0 Å². The minimum atomic E-state index is -0.991. The Balaban J connectivity index is 1.58. The summed E-state index contributed by atoms with van der Waals surface area (Å²) in [5, 5.41) is 10.3. The van der Waals surface area contributed by atoms with Crippen molar-refractivity contribution in [3.8, 4) is 5.75 Å². The summed E-state index contributed by atoms with van der Waals surface area (Å²) < 4.78 is 5.45. The highest BCUT2D eigenvalue weighted by Crippen LogP contribution is 2.32. The lowest BCUT2D eigenvalue weighted by molar-refractivity contribution is -0.123. The Kier molecular flexibility index (Phi) is 5.98. The summed E-state index contributed by atoms with van der Waals surface area (Å²) in [5.41, 5.74) is 0.838. The molecular formula is C19H16ClNO4S. The first-order valence-corrected chi connectivity index (χ1v) is 9.09. The highest BCUT2D eigenvalue weighted by molar-refractivity contribution is 8.18. The molecule has 3 rings (SSSR count). The Morgan fingerprint density at radius 3 is 2.50 bits per heavy atom. The zero-order chi connectivity index (χ0) is 18.5. The molecule has 0 saturated carbocycles. The SMILES string of the molecule is O=C1S/C(=C\c2ccccc2)C(=O)N1C[C@H](O)COc1ccc(Cl)cc1. The first-order valence-electron chi connectivity index (χ1n) is 7.90. The number of aliphatic hydroxyl groups excluding tert-OH is 1. The summed E-state index contributed by atoms with van der Waals surface area (Å²) in [6.07, 6.45) is 0.678. The molecule has 0 aromatic heterocycles. The number of amides is 2. The largest absolute Gasteiger partial charge is 0.491 e. The average Bonchev–Trinajstić information content (AvgIpc) is 2.89. The lowest BCUT2D eigenvalue weighted by Crippen LogP contribution is -2.38. The summed E-state index contributed by atoms with van der Waals surface area (Å²) in [5.74, 6) is 0.140. The van der Waals surface area contributed by atoms with Crippen LogP contribution in [-0.2, 0) is 4.79 Å². The lowest BCUT2D eigenvalue weighted by Gasteiger charge is -2.18. The van der Waals surface area contributed by atoms with Gasteiger partial charge in [0, 0.05) is 5.02 Å². The van der Waals surface area contributed by atoms with E-state index in [-0.39, 0.29) is 13.2 Å². The molecular weight excluding hydrogens is 374 g/mol. The van der Waals surface area contributed by atoms with Crippen LogP contribution in [0.4, 0.5) is 4.79 Å². The average molecular weight is 390 g/mol. The number of hydrogen-bond acceptors (Lipinski definition) is 5. The second-order valence-corrected chi connectivity index (χ2v) is 7.05. The Morgan fingerprint density at radius 2 is 1.81 bits per heavy atom. The van der Waals surface area contributed by atoms with Gasteiger partial charge in [0.25, 0.3) is 11.1 Å². The number of carbonyl (C=O) groups excluding carboxylic acids is 2. The second kappa shape index (κ2) is 8.40. The van der Waals surface area contributed by atoms with Crippen LogP contribution in [0.2, 0.25) is 5.02 Å². The van der Waals surface area contributed by atoms with E-state index >= 15 is 0 Å². The smallest absolute Gasteiger partial charge is 0.293 e. The maximum absolute atomic E-state index is 12.4. The summed E-state index contributed by atoms with van der Waals surface area (Å²) >= 11 is 6.66. The molecule has 2 amide bonds. The van der Waals surface area contributed by atoms with Gasteiger partial charge in [-0.25, -0.2) is 0 Å². The van der Waals surface area contributed by atoms with Gasteiger partial charge in [0.15, 0.2) is 0 Å². The van der Waals surface area contributed by atoms with Gasteiger partial charge in [0.2, 0.25) is 0 Å². The van der Waals surface area contributed by atoms with Crippen LogP contribution >= 0.6 is 23.4 Å². The predicted molar refractivity (Wildman–Crippen MR) is 102 cm³/mol. The topological polar surface area (TPSA) is 66.8 Å². The van der Waals surface area contributed by atoms with E-state index < -0.39 is 17.3 Å². The van der Waals surface area contributed by atoms with Crippen LogP contribution < -0.4 is 4.74 Å². The molecule has 0 aliphatic carbocycles. The molecule has 2 aromatic carbocycles. The number of imide groups is 1. The molecule has 1 atom stereocenters. The molecule has 1 aliphatic rings. The van der Waals surface area contributed by atoms with Crippen LogP contribution in [0.25, 0.3) is 6.08 Å². The minimum Gasteiger partial charge on any atom is -0.491 e. The van der Waals surface area contributed by atoms with Gasteiger partial charge in [-0.3, -0.25) is 14.5 Å². The van der Waals surface area contributed by atoms with Gasteiger partial charge < -0.3 is 9.84 Å². The summed E-state index contributed by atoms with van der Waals surface area (Å²) in [4.78, 5) is 25.9. The van der Waals surface area contributed by atoms with Gasteiger partial charge in [-0.1, -0.05) is 41.9 Å². The zero-order valence-electron chi connectivity index (χ0n) is 13.7. The molecule has 2 aromatic rings. The maximum atomic E-state index is 12.4. The highest BCUT2D eigenvalue weighted by atomic mass is 35.5. The van der Waals surface area contributed by atoms with E-state index in [2.05, 4.69) is 0 Å². The normalized spacial score (nSPS) is 17.0. The van der Waals surface area contributed by atoms with Crippen LogP contribution in [0.5, 0.6) is 5.75 Å². The predicted octanol–water partition coefficient (Wildman–Crippen LogP) is 3.82. The molecule has 0 radical (unpaired) electrons. The van der Waals surface area contributed by atoms with Crippen molar-refractivity contribution in [1.82, 2.24) is 4.90 Å². The van der Waals surface area contributed by atoms with E-state index in [0.29, 0.717) is 15.7 Å². The minimum absolute atomic E-state index is 0.0406. The molecule has 134 valence electrons.